The van der Waals surface area contributed by atoms with Gasteiger partial charge in [0, 0.05) is 22.6 Å². The molecule has 0 aliphatic rings. The number of para-hydroxylation sites is 1. The van der Waals surface area contributed by atoms with Crippen molar-refractivity contribution in [1.82, 2.24) is 9.99 Å². The van der Waals surface area contributed by atoms with Crippen LogP contribution in [0.4, 0.5) is 5.69 Å². The molecule has 0 fully saturated rings. The standard InChI is InChI=1S/C30H32N4O4S/c1-21-11-14-27(15-12-21)39(36,37)33(28-17-22(2)13-16-29(28)38-5)20-30(35)32-31-19-25-18-23(3)34(24(25)4)26-9-7-6-8-10-26/h6-19H,20H2,1-5H3,(H,32,35)/b31-19-. The Morgan fingerprint density at radius 1 is 0.949 bits per heavy atom. The zero-order valence-corrected chi connectivity index (χ0v) is 23.5. The largest absolute Gasteiger partial charge is 0.495 e. The van der Waals surface area contributed by atoms with Crippen molar-refractivity contribution in [3.8, 4) is 11.4 Å². The summed E-state index contributed by atoms with van der Waals surface area (Å²) in [6, 6.07) is 23.6. The minimum atomic E-state index is -4.09. The number of rotatable bonds is 9. The number of nitrogens with zero attached hydrogens (tertiary/aromatic N) is 3. The lowest BCUT2D eigenvalue weighted by Gasteiger charge is -2.25. The number of aryl methyl sites for hydroxylation is 3. The van der Waals surface area contributed by atoms with Crippen LogP contribution in [0.2, 0.25) is 0 Å². The Balaban J connectivity index is 1.60. The quantitative estimate of drug-likeness (QED) is 0.235. The summed E-state index contributed by atoms with van der Waals surface area (Å²) in [6.07, 6.45) is 1.56. The van der Waals surface area contributed by atoms with Crippen molar-refractivity contribution in [2.75, 3.05) is 18.0 Å². The van der Waals surface area contributed by atoms with Gasteiger partial charge in [-0.15, -0.1) is 0 Å². The summed E-state index contributed by atoms with van der Waals surface area (Å²) >= 11 is 0. The Hall–Kier alpha value is -4.37. The average Bonchev–Trinajstić information content (AvgIpc) is 3.20. The third-order valence-electron chi connectivity index (χ3n) is 6.38. The molecule has 1 aromatic heterocycles. The molecule has 4 aromatic rings. The third-order valence-corrected chi connectivity index (χ3v) is 8.15. The van der Waals surface area contributed by atoms with Crippen LogP contribution < -0.4 is 14.5 Å². The Kier molecular flexibility index (Phi) is 8.21. The molecule has 0 spiro atoms. The van der Waals surface area contributed by atoms with E-state index in [1.54, 1.807) is 30.5 Å². The van der Waals surface area contributed by atoms with Crippen LogP contribution >= 0.6 is 0 Å². The first kappa shape index (κ1) is 27.7. The van der Waals surface area contributed by atoms with E-state index in [2.05, 4.69) is 15.1 Å². The van der Waals surface area contributed by atoms with Crippen LogP contribution in [-0.2, 0) is 14.8 Å². The van der Waals surface area contributed by atoms with E-state index < -0.39 is 22.5 Å². The number of hydrazone groups is 1. The number of sulfonamides is 1. The predicted octanol–water partition coefficient (Wildman–Crippen LogP) is 5.07. The second kappa shape index (κ2) is 11.6. The first-order valence-electron chi connectivity index (χ1n) is 12.4. The lowest BCUT2D eigenvalue weighted by Crippen LogP contribution is -2.39. The molecule has 0 saturated carbocycles. The van der Waals surface area contributed by atoms with Gasteiger partial charge in [0.05, 0.1) is 23.9 Å². The molecule has 0 unspecified atom stereocenters. The number of carbonyl (C=O) groups excluding carboxylic acids is 1. The van der Waals surface area contributed by atoms with Gasteiger partial charge in [0.2, 0.25) is 0 Å². The van der Waals surface area contributed by atoms with Gasteiger partial charge in [-0.25, -0.2) is 13.8 Å². The van der Waals surface area contributed by atoms with E-state index in [-0.39, 0.29) is 10.6 Å². The van der Waals surface area contributed by atoms with Gasteiger partial charge >= 0.3 is 0 Å². The molecular weight excluding hydrogens is 512 g/mol. The van der Waals surface area contributed by atoms with Crippen molar-refractivity contribution in [2.45, 2.75) is 32.6 Å². The Morgan fingerprint density at radius 3 is 2.28 bits per heavy atom. The monoisotopic (exact) mass is 544 g/mol. The van der Waals surface area contributed by atoms with Crippen molar-refractivity contribution in [2.24, 2.45) is 5.10 Å². The Bertz CT molecular complexity index is 1610. The molecule has 0 atom stereocenters. The van der Waals surface area contributed by atoms with Gasteiger partial charge < -0.3 is 9.30 Å². The molecule has 3 aromatic carbocycles. The number of hydrogen-bond donors (Lipinski definition) is 1. The highest BCUT2D eigenvalue weighted by Gasteiger charge is 2.29. The molecule has 39 heavy (non-hydrogen) atoms. The summed E-state index contributed by atoms with van der Waals surface area (Å²) in [6.45, 7) is 7.20. The van der Waals surface area contributed by atoms with Crippen molar-refractivity contribution >= 4 is 27.8 Å². The van der Waals surface area contributed by atoms with Crippen molar-refractivity contribution < 1.29 is 17.9 Å². The van der Waals surface area contributed by atoms with Crippen LogP contribution in [-0.4, -0.2) is 38.8 Å². The van der Waals surface area contributed by atoms with Gasteiger partial charge in [-0.2, -0.15) is 5.10 Å². The van der Waals surface area contributed by atoms with Crippen molar-refractivity contribution in [1.29, 1.82) is 0 Å². The average molecular weight is 545 g/mol. The van der Waals surface area contributed by atoms with Crippen LogP contribution in [0.15, 0.2) is 88.9 Å². The molecule has 1 N–H and O–H groups in total. The maximum absolute atomic E-state index is 13.7. The van der Waals surface area contributed by atoms with Crippen LogP contribution in [0.5, 0.6) is 5.75 Å². The van der Waals surface area contributed by atoms with Crippen molar-refractivity contribution in [3.63, 3.8) is 0 Å². The van der Waals surface area contributed by atoms with E-state index in [9.17, 15) is 13.2 Å². The summed E-state index contributed by atoms with van der Waals surface area (Å²) in [5, 5.41) is 4.13. The van der Waals surface area contributed by atoms with Gasteiger partial charge in [-0.3, -0.25) is 9.10 Å². The fourth-order valence-electron chi connectivity index (χ4n) is 4.36. The molecule has 1 amide bonds. The molecule has 1 heterocycles. The highest BCUT2D eigenvalue weighted by Crippen LogP contribution is 2.33. The maximum atomic E-state index is 13.7. The second-order valence-electron chi connectivity index (χ2n) is 9.29. The lowest BCUT2D eigenvalue weighted by atomic mass is 10.2. The number of amides is 1. The van der Waals surface area contributed by atoms with Gasteiger partial charge in [0.15, 0.2) is 0 Å². The highest BCUT2D eigenvalue weighted by molar-refractivity contribution is 7.92. The molecule has 0 aliphatic heterocycles. The number of methoxy groups -OCH3 is 1. The molecule has 0 radical (unpaired) electrons. The fraction of sp³-hybridized carbons (Fsp3) is 0.200. The van der Waals surface area contributed by atoms with Crippen molar-refractivity contribution in [3.05, 3.63) is 107 Å². The van der Waals surface area contributed by atoms with Crippen LogP contribution in [0.1, 0.15) is 28.1 Å². The number of carbonyl (C=O) groups is 1. The van der Waals surface area contributed by atoms with E-state index in [0.29, 0.717) is 5.75 Å². The molecule has 9 heteroatoms. The number of anilines is 1. The van der Waals surface area contributed by atoms with E-state index >= 15 is 0 Å². The van der Waals surface area contributed by atoms with E-state index in [1.165, 1.54) is 19.2 Å². The van der Waals surface area contributed by atoms with E-state index in [4.69, 9.17) is 4.74 Å². The van der Waals surface area contributed by atoms with E-state index in [0.717, 1.165) is 38.1 Å². The number of aromatic nitrogens is 1. The molecule has 4 rings (SSSR count). The smallest absolute Gasteiger partial charge is 0.264 e. The normalized spacial score (nSPS) is 11.5. The summed E-state index contributed by atoms with van der Waals surface area (Å²) < 4.78 is 36.0. The van der Waals surface area contributed by atoms with Crippen LogP contribution in [0.3, 0.4) is 0 Å². The fourth-order valence-corrected chi connectivity index (χ4v) is 5.79. The van der Waals surface area contributed by atoms with Crippen LogP contribution in [0.25, 0.3) is 5.69 Å². The Labute approximate surface area is 229 Å². The minimum Gasteiger partial charge on any atom is -0.495 e. The summed E-state index contributed by atoms with van der Waals surface area (Å²) in [5.74, 6) is -0.261. The van der Waals surface area contributed by atoms with Gasteiger partial charge in [0.1, 0.15) is 12.3 Å². The lowest BCUT2D eigenvalue weighted by molar-refractivity contribution is -0.119. The highest BCUT2D eigenvalue weighted by atomic mass is 32.2. The second-order valence-corrected chi connectivity index (χ2v) is 11.2. The zero-order chi connectivity index (χ0) is 28.2. The molecule has 0 aliphatic carbocycles. The summed E-state index contributed by atoms with van der Waals surface area (Å²) in [4.78, 5) is 13.1. The molecule has 0 bridgehead atoms. The number of ether oxygens (including phenoxy) is 1. The molecule has 0 saturated heterocycles. The van der Waals surface area contributed by atoms with Gasteiger partial charge in [-0.05, 0) is 75.7 Å². The predicted molar refractivity (Wildman–Crippen MR) is 154 cm³/mol. The Morgan fingerprint density at radius 2 is 1.62 bits per heavy atom. The number of hydrogen-bond acceptors (Lipinski definition) is 5. The topological polar surface area (TPSA) is 93.0 Å². The summed E-state index contributed by atoms with van der Waals surface area (Å²) in [7, 11) is -2.64. The number of nitrogens with one attached hydrogen (secondary N) is 1. The third kappa shape index (κ3) is 6.04. The first-order chi connectivity index (χ1) is 18.6. The van der Waals surface area contributed by atoms with Gasteiger partial charge in [-0.1, -0.05) is 42.0 Å². The van der Waals surface area contributed by atoms with Gasteiger partial charge in [0.25, 0.3) is 15.9 Å². The molecular formula is C30H32N4O4S. The SMILES string of the molecule is COc1ccc(C)cc1N(CC(=O)N/N=C\c1cc(C)n(-c2ccccc2)c1C)S(=O)(=O)c1ccc(C)cc1. The minimum absolute atomic E-state index is 0.0707. The zero-order valence-electron chi connectivity index (χ0n) is 22.7. The molecule has 8 nitrogen and oxygen atoms in total. The maximum Gasteiger partial charge on any atom is 0.264 e. The summed E-state index contributed by atoms with van der Waals surface area (Å²) in [5.41, 5.74) is 8.35. The number of benzene rings is 3. The first-order valence-corrected chi connectivity index (χ1v) is 13.9. The van der Waals surface area contributed by atoms with Crippen LogP contribution in [0, 0.1) is 27.7 Å². The molecule has 202 valence electrons. The van der Waals surface area contributed by atoms with E-state index in [1.807, 2.05) is 70.2 Å².